The van der Waals surface area contributed by atoms with E-state index in [2.05, 4.69) is 5.32 Å². The maximum Gasteiger partial charge on any atom is 0.278 e. The summed E-state index contributed by atoms with van der Waals surface area (Å²) in [5.41, 5.74) is 1.32. The molecule has 1 N–H and O–H groups in total. The summed E-state index contributed by atoms with van der Waals surface area (Å²) >= 11 is 0. The minimum Gasteiger partial charge on any atom is -0.486 e. The highest BCUT2D eigenvalue weighted by Gasteiger charge is 2.39. The Morgan fingerprint density at radius 1 is 1.03 bits per heavy atom. The van der Waals surface area contributed by atoms with Gasteiger partial charge in [-0.05, 0) is 29.8 Å². The Kier molecular flexibility index (Phi) is 5.18. The Hall–Kier alpha value is -3.39. The van der Waals surface area contributed by atoms with E-state index in [0.717, 1.165) is 4.90 Å². The van der Waals surface area contributed by atoms with Crippen LogP contribution in [0.3, 0.4) is 0 Å². The summed E-state index contributed by atoms with van der Waals surface area (Å²) in [6.07, 6.45) is 0. The fraction of sp³-hybridized carbons (Fsp3) is 0.238. The van der Waals surface area contributed by atoms with Crippen molar-refractivity contribution in [3.8, 4) is 11.5 Å². The van der Waals surface area contributed by atoms with E-state index in [0.29, 0.717) is 36.0 Å². The molecule has 0 aliphatic carbocycles. The van der Waals surface area contributed by atoms with Gasteiger partial charge in [-0.25, -0.2) is 4.39 Å². The number of nitrogens with zero attached hydrogens (tertiary/aromatic N) is 1. The minimum absolute atomic E-state index is 0.116. The van der Waals surface area contributed by atoms with E-state index >= 15 is 0 Å². The number of anilines is 1. The lowest BCUT2D eigenvalue weighted by atomic mass is 10.0. The molecule has 2 heterocycles. The molecule has 29 heavy (non-hydrogen) atoms. The first-order chi connectivity index (χ1) is 14.1. The number of fused-ring (bicyclic) bond motifs is 1. The van der Waals surface area contributed by atoms with Gasteiger partial charge in [-0.1, -0.05) is 12.1 Å². The van der Waals surface area contributed by atoms with Crippen LogP contribution in [0.5, 0.6) is 11.5 Å². The molecule has 0 bridgehead atoms. The van der Waals surface area contributed by atoms with E-state index in [1.54, 1.807) is 18.2 Å². The van der Waals surface area contributed by atoms with Gasteiger partial charge in [0.1, 0.15) is 24.7 Å². The maximum absolute atomic E-state index is 13.4. The summed E-state index contributed by atoms with van der Waals surface area (Å²) in [6, 6.07) is 10.6. The van der Waals surface area contributed by atoms with Crippen LogP contribution in [0, 0.1) is 5.82 Å². The van der Waals surface area contributed by atoms with Crippen molar-refractivity contribution < 1.29 is 28.2 Å². The number of halogens is 1. The van der Waals surface area contributed by atoms with E-state index < -0.39 is 17.6 Å². The Bertz CT molecular complexity index is 987. The van der Waals surface area contributed by atoms with Crippen molar-refractivity contribution >= 4 is 23.1 Å². The zero-order valence-corrected chi connectivity index (χ0v) is 15.7. The molecule has 150 valence electrons. The van der Waals surface area contributed by atoms with Crippen LogP contribution < -0.4 is 14.8 Å². The lowest BCUT2D eigenvalue weighted by Crippen LogP contribution is -2.35. The van der Waals surface area contributed by atoms with Gasteiger partial charge in [0.05, 0.1) is 18.7 Å². The van der Waals surface area contributed by atoms with E-state index in [1.165, 1.54) is 31.4 Å². The van der Waals surface area contributed by atoms with Crippen LogP contribution in [0.15, 0.2) is 48.2 Å². The molecular weight excluding hydrogens is 379 g/mol. The molecular formula is C21H19FN2O5. The Morgan fingerprint density at radius 2 is 1.76 bits per heavy atom. The number of nitrogens with one attached hydrogen (secondary N) is 1. The van der Waals surface area contributed by atoms with Gasteiger partial charge in [-0.3, -0.25) is 14.5 Å². The first-order valence-electron chi connectivity index (χ1n) is 9.10. The number of amides is 2. The van der Waals surface area contributed by atoms with Crippen LogP contribution in [0.2, 0.25) is 0 Å². The third-order valence-corrected chi connectivity index (χ3v) is 4.63. The summed E-state index contributed by atoms with van der Waals surface area (Å²) in [6.45, 7) is 1.24. The number of imide groups is 1. The van der Waals surface area contributed by atoms with Gasteiger partial charge in [0.15, 0.2) is 11.5 Å². The predicted molar refractivity (Wildman–Crippen MR) is 103 cm³/mol. The molecule has 8 heteroatoms. The standard InChI is InChI=1S/C21H19FN2O5/c1-27-9-8-24-20(25)18(13-2-4-14(22)5-3-13)19(21(24)26)23-15-6-7-16-17(12-15)29-11-10-28-16/h2-7,12,23H,8-11H2,1H3. The topological polar surface area (TPSA) is 77.1 Å². The van der Waals surface area contributed by atoms with Crippen molar-refractivity contribution in [3.05, 3.63) is 59.5 Å². The van der Waals surface area contributed by atoms with E-state index in [1.807, 2.05) is 0 Å². The molecule has 0 saturated carbocycles. The number of rotatable bonds is 6. The normalized spacial score (nSPS) is 15.9. The van der Waals surface area contributed by atoms with Crippen LogP contribution in [-0.2, 0) is 14.3 Å². The molecule has 0 spiro atoms. The molecule has 0 saturated heterocycles. The molecule has 7 nitrogen and oxygen atoms in total. The quantitative estimate of drug-likeness (QED) is 0.754. The van der Waals surface area contributed by atoms with Crippen LogP contribution in [0.4, 0.5) is 10.1 Å². The number of hydrogen-bond donors (Lipinski definition) is 1. The first kappa shape index (κ1) is 18.9. The second kappa shape index (κ2) is 7.92. The summed E-state index contributed by atoms with van der Waals surface area (Å²) in [5, 5.41) is 3.04. The van der Waals surface area contributed by atoms with Crippen LogP contribution >= 0.6 is 0 Å². The summed E-state index contributed by atoms with van der Waals surface area (Å²) in [4.78, 5) is 27.0. The molecule has 2 aliphatic rings. The number of ether oxygens (including phenoxy) is 3. The second-order valence-corrected chi connectivity index (χ2v) is 6.50. The molecule has 0 radical (unpaired) electrons. The summed E-state index contributed by atoms with van der Waals surface area (Å²) in [5.74, 6) is -0.188. The summed E-state index contributed by atoms with van der Waals surface area (Å²) < 4.78 is 29.4. The zero-order valence-electron chi connectivity index (χ0n) is 15.7. The SMILES string of the molecule is COCCN1C(=O)C(Nc2ccc3c(c2)OCCO3)=C(c2ccc(F)cc2)C1=O. The molecule has 4 rings (SSSR count). The van der Waals surface area contributed by atoms with Crippen molar-refractivity contribution in [1.82, 2.24) is 4.90 Å². The van der Waals surface area contributed by atoms with Gasteiger partial charge in [-0.2, -0.15) is 0 Å². The number of carbonyl (C=O) groups is 2. The highest BCUT2D eigenvalue weighted by atomic mass is 19.1. The van der Waals surface area contributed by atoms with E-state index in [-0.39, 0.29) is 24.4 Å². The number of methoxy groups -OCH3 is 1. The van der Waals surface area contributed by atoms with Crippen LogP contribution in [0.1, 0.15) is 5.56 Å². The van der Waals surface area contributed by atoms with Crippen LogP contribution in [0.25, 0.3) is 5.57 Å². The van der Waals surface area contributed by atoms with Crippen molar-refractivity contribution in [3.63, 3.8) is 0 Å². The fourth-order valence-electron chi connectivity index (χ4n) is 3.23. The first-order valence-corrected chi connectivity index (χ1v) is 9.10. The Morgan fingerprint density at radius 3 is 2.48 bits per heavy atom. The third-order valence-electron chi connectivity index (χ3n) is 4.63. The Labute approximate surface area is 166 Å². The summed E-state index contributed by atoms with van der Waals surface area (Å²) in [7, 11) is 1.49. The van der Waals surface area contributed by atoms with Crippen molar-refractivity contribution in [2.75, 3.05) is 38.8 Å². The van der Waals surface area contributed by atoms with Gasteiger partial charge in [0.25, 0.3) is 11.8 Å². The van der Waals surface area contributed by atoms with Crippen molar-refractivity contribution in [1.29, 1.82) is 0 Å². The van der Waals surface area contributed by atoms with Gasteiger partial charge in [0.2, 0.25) is 0 Å². The third kappa shape index (κ3) is 3.66. The second-order valence-electron chi connectivity index (χ2n) is 6.50. The Balaban J connectivity index is 1.72. The average Bonchev–Trinajstić information content (AvgIpc) is 2.96. The lowest BCUT2D eigenvalue weighted by molar-refractivity contribution is -0.137. The molecule has 2 aromatic carbocycles. The average molecular weight is 398 g/mol. The largest absolute Gasteiger partial charge is 0.486 e. The molecule has 0 fully saturated rings. The molecule has 0 unspecified atom stereocenters. The molecule has 2 aliphatic heterocycles. The highest BCUT2D eigenvalue weighted by Crippen LogP contribution is 2.35. The number of hydrogen-bond acceptors (Lipinski definition) is 6. The van der Waals surface area contributed by atoms with Crippen LogP contribution in [-0.4, -0.2) is 50.2 Å². The van der Waals surface area contributed by atoms with E-state index in [9.17, 15) is 14.0 Å². The molecule has 0 atom stereocenters. The lowest BCUT2D eigenvalue weighted by Gasteiger charge is -2.19. The van der Waals surface area contributed by atoms with Gasteiger partial charge in [-0.15, -0.1) is 0 Å². The molecule has 0 aromatic heterocycles. The molecule has 2 aromatic rings. The van der Waals surface area contributed by atoms with Crippen molar-refractivity contribution in [2.24, 2.45) is 0 Å². The predicted octanol–water partition coefficient (Wildman–Crippen LogP) is 2.44. The van der Waals surface area contributed by atoms with E-state index in [4.69, 9.17) is 14.2 Å². The van der Waals surface area contributed by atoms with Crippen molar-refractivity contribution in [2.45, 2.75) is 0 Å². The van der Waals surface area contributed by atoms with Gasteiger partial charge < -0.3 is 19.5 Å². The highest BCUT2D eigenvalue weighted by molar-refractivity contribution is 6.36. The zero-order chi connectivity index (χ0) is 20.4. The number of carbonyl (C=O) groups excluding carboxylic acids is 2. The van der Waals surface area contributed by atoms with Gasteiger partial charge >= 0.3 is 0 Å². The van der Waals surface area contributed by atoms with Gasteiger partial charge in [0, 0.05) is 18.9 Å². The fourth-order valence-corrected chi connectivity index (χ4v) is 3.23. The monoisotopic (exact) mass is 398 g/mol. The number of benzene rings is 2. The minimum atomic E-state index is -0.471. The maximum atomic E-state index is 13.4. The smallest absolute Gasteiger partial charge is 0.278 e. The molecule has 2 amide bonds.